The van der Waals surface area contributed by atoms with Crippen LogP contribution in [0.5, 0.6) is 0 Å². The number of ether oxygens (including phenoxy) is 2. The molecule has 1 unspecified atom stereocenters. The van der Waals surface area contributed by atoms with Crippen molar-refractivity contribution in [1.82, 2.24) is 9.62 Å². The summed E-state index contributed by atoms with van der Waals surface area (Å²) >= 11 is 0. The van der Waals surface area contributed by atoms with E-state index >= 15 is 0 Å². The number of rotatable bonds is 7. The molecule has 1 aliphatic rings. The van der Waals surface area contributed by atoms with Crippen molar-refractivity contribution in [3.05, 3.63) is 0 Å². The molecular weight excluding hydrogens is 244 g/mol. The molecule has 0 spiro atoms. The number of methoxy groups -OCH3 is 1. The fourth-order valence-corrected chi connectivity index (χ4v) is 3.30. The van der Waals surface area contributed by atoms with Gasteiger partial charge in [0.15, 0.2) is 0 Å². The fraction of sp³-hybridized carbons (Fsp3) is 1.00. The van der Waals surface area contributed by atoms with Crippen LogP contribution in [-0.2, 0) is 19.5 Å². The summed E-state index contributed by atoms with van der Waals surface area (Å²) in [4.78, 5) is 0. The molecule has 0 aliphatic carbocycles. The largest absolute Gasteiger partial charge is 0.385 e. The molecule has 1 atom stereocenters. The van der Waals surface area contributed by atoms with Crippen molar-refractivity contribution < 1.29 is 17.9 Å². The van der Waals surface area contributed by atoms with Gasteiger partial charge in [0.05, 0.1) is 18.5 Å². The Morgan fingerprint density at radius 1 is 1.53 bits per heavy atom. The molecule has 0 aromatic carbocycles. The molecule has 17 heavy (non-hydrogen) atoms. The van der Waals surface area contributed by atoms with Gasteiger partial charge >= 0.3 is 0 Å². The molecule has 6 nitrogen and oxygen atoms in total. The summed E-state index contributed by atoms with van der Waals surface area (Å²) in [7, 11) is 0.241. The van der Waals surface area contributed by atoms with Gasteiger partial charge in [-0.3, -0.25) is 0 Å². The van der Waals surface area contributed by atoms with E-state index in [9.17, 15) is 8.42 Å². The fourth-order valence-electron chi connectivity index (χ4n) is 1.81. The summed E-state index contributed by atoms with van der Waals surface area (Å²) in [5.74, 6) is 0.146. The van der Waals surface area contributed by atoms with E-state index in [-0.39, 0.29) is 11.9 Å². The van der Waals surface area contributed by atoms with Crippen LogP contribution in [0.2, 0.25) is 0 Å². The number of nitrogens with one attached hydrogen (secondary N) is 1. The molecule has 7 heteroatoms. The molecule has 0 aromatic heterocycles. The molecule has 1 N–H and O–H groups in total. The zero-order chi connectivity index (χ0) is 12.7. The number of likely N-dealkylation sites (N-methyl/N-ethyl adjacent to an activating group) is 1. The Balaban J connectivity index is 2.46. The summed E-state index contributed by atoms with van der Waals surface area (Å²) in [5.41, 5.74) is 0. The average Bonchev–Trinajstić information content (AvgIpc) is 2.30. The third kappa shape index (κ3) is 4.89. The predicted molar refractivity (Wildman–Crippen MR) is 65.5 cm³/mol. The Kier molecular flexibility index (Phi) is 6.35. The number of sulfonamides is 1. The number of nitrogens with zero attached hydrogens (tertiary/aromatic N) is 1. The highest BCUT2D eigenvalue weighted by Gasteiger charge is 2.28. The molecule has 0 amide bonds. The van der Waals surface area contributed by atoms with Gasteiger partial charge in [0, 0.05) is 33.4 Å². The van der Waals surface area contributed by atoms with Crippen LogP contribution < -0.4 is 5.32 Å². The van der Waals surface area contributed by atoms with Crippen LogP contribution in [0.1, 0.15) is 6.42 Å². The Bertz CT molecular complexity index is 305. The van der Waals surface area contributed by atoms with E-state index in [1.165, 1.54) is 4.31 Å². The van der Waals surface area contributed by atoms with Gasteiger partial charge in [0.2, 0.25) is 10.0 Å². The first-order chi connectivity index (χ1) is 8.10. The van der Waals surface area contributed by atoms with Gasteiger partial charge in [-0.15, -0.1) is 0 Å². The predicted octanol–water partition coefficient (Wildman–Crippen LogP) is -0.727. The lowest BCUT2D eigenvalue weighted by atomic mass is 10.3. The van der Waals surface area contributed by atoms with Crippen molar-refractivity contribution in [1.29, 1.82) is 0 Å². The van der Waals surface area contributed by atoms with Crippen molar-refractivity contribution in [3.63, 3.8) is 0 Å². The Hall–Kier alpha value is -0.210. The van der Waals surface area contributed by atoms with Gasteiger partial charge < -0.3 is 14.8 Å². The zero-order valence-electron chi connectivity index (χ0n) is 10.5. The quantitative estimate of drug-likeness (QED) is 0.616. The minimum absolute atomic E-state index is 0.0500. The first-order valence-electron chi connectivity index (χ1n) is 5.83. The summed E-state index contributed by atoms with van der Waals surface area (Å²) in [5, 5.41) is 3.00. The normalized spacial score (nSPS) is 22.8. The van der Waals surface area contributed by atoms with Gasteiger partial charge in [-0.05, 0) is 13.5 Å². The second-order valence-electron chi connectivity index (χ2n) is 4.07. The second-order valence-corrected chi connectivity index (χ2v) is 6.16. The topological polar surface area (TPSA) is 67.9 Å². The van der Waals surface area contributed by atoms with Crippen LogP contribution >= 0.6 is 0 Å². The SMILES string of the molecule is CNCC1CN(S(=O)(=O)CCCOC)CCO1. The van der Waals surface area contributed by atoms with Gasteiger partial charge in [0.1, 0.15) is 0 Å². The molecular formula is C10H22N2O4S. The van der Waals surface area contributed by atoms with Gasteiger partial charge in [0.25, 0.3) is 0 Å². The molecule has 0 radical (unpaired) electrons. The van der Waals surface area contributed by atoms with E-state index in [4.69, 9.17) is 9.47 Å². The first-order valence-corrected chi connectivity index (χ1v) is 7.44. The van der Waals surface area contributed by atoms with Crippen LogP contribution in [0, 0.1) is 0 Å². The highest BCUT2D eigenvalue weighted by Crippen LogP contribution is 2.11. The highest BCUT2D eigenvalue weighted by atomic mass is 32.2. The van der Waals surface area contributed by atoms with Crippen LogP contribution in [0.3, 0.4) is 0 Å². The second kappa shape index (κ2) is 7.27. The highest BCUT2D eigenvalue weighted by molar-refractivity contribution is 7.89. The molecule has 1 heterocycles. The Labute approximate surface area is 103 Å². The van der Waals surface area contributed by atoms with Gasteiger partial charge in [-0.1, -0.05) is 0 Å². The smallest absolute Gasteiger partial charge is 0.214 e. The van der Waals surface area contributed by atoms with Crippen molar-refractivity contribution in [3.8, 4) is 0 Å². The summed E-state index contributed by atoms with van der Waals surface area (Å²) in [6, 6.07) is 0. The van der Waals surface area contributed by atoms with Gasteiger partial charge in [-0.25, -0.2) is 8.42 Å². The summed E-state index contributed by atoms with van der Waals surface area (Å²) < 4.78 is 35.9. The minimum Gasteiger partial charge on any atom is -0.385 e. The first kappa shape index (κ1) is 14.8. The Morgan fingerprint density at radius 3 is 2.94 bits per heavy atom. The van der Waals surface area contributed by atoms with E-state index < -0.39 is 10.0 Å². The third-order valence-electron chi connectivity index (χ3n) is 2.68. The lowest BCUT2D eigenvalue weighted by molar-refractivity contribution is 0.000794. The number of hydrogen-bond donors (Lipinski definition) is 1. The molecule has 0 saturated carbocycles. The summed E-state index contributed by atoms with van der Waals surface area (Å²) in [6.45, 7) is 2.51. The van der Waals surface area contributed by atoms with Crippen LogP contribution in [0.4, 0.5) is 0 Å². The summed E-state index contributed by atoms with van der Waals surface area (Å²) in [6.07, 6.45) is 0.485. The lowest BCUT2D eigenvalue weighted by Gasteiger charge is -2.32. The maximum atomic E-state index is 12.0. The Morgan fingerprint density at radius 2 is 2.29 bits per heavy atom. The van der Waals surface area contributed by atoms with Crippen LogP contribution in [0.25, 0.3) is 0 Å². The molecule has 0 bridgehead atoms. The van der Waals surface area contributed by atoms with Crippen LogP contribution in [-0.4, -0.2) is 71.6 Å². The number of morpholine rings is 1. The third-order valence-corrected chi connectivity index (χ3v) is 4.60. The van der Waals surface area contributed by atoms with E-state index in [2.05, 4.69) is 5.32 Å². The van der Waals surface area contributed by atoms with Crippen molar-refractivity contribution in [2.75, 3.05) is 52.8 Å². The van der Waals surface area contributed by atoms with E-state index in [1.807, 2.05) is 7.05 Å². The van der Waals surface area contributed by atoms with Crippen molar-refractivity contribution in [2.24, 2.45) is 0 Å². The molecule has 1 fully saturated rings. The van der Waals surface area contributed by atoms with E-state index in [0.717, 1.165) is 0 Å². The van der Waals surface area contributed by atoms with Crippen LogP contribution in [0.15, 0.2) is 0 Å². The standard InChI is InChI=1S/C10H22N2O4S/c1-11-8-10-9-12(4-6-16-10)17(13,14)7-3-5-15-2/h10-11H,3-9H2,1-2H3. The van der Waals surface area contributed by atoms with Crippen molar-refractivity contribution in [2.45, 2.75) is 12.5 Å². The maximum absolute atomic E-state index is 12.0. The minimum atomic E-state index is -3.16. The molecule has 1 saturated heterocycles. The molecule has 102 valence electrons. The average molecular weight is 266 g/mol. The molecule has 1 aliphatic heterocycles. The van der Waals surface area contributed by atoms with Gasteiger partial charge in [-0.2, -0.15) is 4.31 Å². The lowest BCUT2D eigenvalue weighted by Crippen LogP contribution is -2.49. The van der Waals surface area contributed by atoms with E-state index in [0.29, 0.717) is 39.3 Å². The maximum Gasteiger partial charge on any atom is 0.214 e. The van der Waals surface area contributed by atoms with E-state index in [1.54, 1.807) is 7.11 Å². The number of hydrogen-bond acceptors (Lipinski definition) is 5. The zero-order valence-corrected chi connectivity index (χ0v) is 11.3. The molecule has 0 aromatic rings. The van der Waals surface area contributed by atoms with Crippen molar-refractivity contribution >= 4 is 10.0 Å². The monoisotopic (exact) mass is 266 g/mol. The molecule has 1 rings (SSSR count).